The van der Waals surface area contributed by atoms with Gasteiger partial charge in [0, 0.05) is 0 Å². The number of oxime groups is 1. The Hall–Kier alpha value is 0.170. The van der Waals surface area contributed by atoms with Crippen molar-refractivity contribution in [3.8, 4) is 0 Å². The molecule has 0 atom stereocenters. The van der Waals surface area contributed by atoms with Crippen LogP contribution in [0.15, 0.2) is 5.16 Å². The second kappa shape index (κ2) is 6.66. The van der Waals surface area contributed by atoms with Crippen LogP contribution in [0.4, 0.5) is 0 Å². The van der Waals surface area contributed by atoms with Crippen molar-refractivity contribution in [2.45, 2.75) is 27.7 Å². The smallest absolute Gasteiger partial charge is 0.172 e. The zero-order valence-electron chi connectivity index (χ0n) is 8.07. The van der Waals surface area contributed by atoms with Gasteiger partial charge in [0.05, 0.1) is 5.71 Å². The van der Waals surface area contributed by atoms with Gasteiger partial charge in [0.15, 0.2) is 5.94 Å². The lowest BCUT2D eigenvalue weighted by molar-refractivity contribution is 0.193. The Morgan fingerprint density at radius 2 is 1.83 bits per heavy atom. The first-order valence-corrected chi connectivity index (χ1v) is 6.09. The molecule has 0 unspecified atom stereocenters. The second-order valence-electron chi connectivity index (χ2n) is 3.20. The van der Waals surface area contributed by atoms with Crippen molar-refractivity contribution in [1.82, 2.24) is 0 Å². The third-order valence-corrected chi connectivity index (χ3v) is 1.99. The van der Waals surface area contributed by atoms with E-state index in [1.54, 1.807) is 0 Å². The van der Waals surface area contributed by atoms with Crippen molar-refractivity contribution < 1.29 is 4.84 Å². The van der Waals surface area contributed by atoms with Crippen LogP contribution in [0.25, 0.3) is 0 Å². The molecule has 0 radical (unpaired) electrons. The zero-order chi connectivity index (χ0) is 9.56. The summed E-state index contributed by atoms with van der Waals surface area (Å²) in [4.78, 5) is 5.04. The predicted octanol–water partition coefficient (Wildman–Crippen LogP) is 3.21. The lowest BCUT2D eigenvalue weighted by Crippen LogP contribution is -2.15. The van der Waals surface area contributed by atoms with Gasteiger partial charge in [-0.15, -0.1) is 11.7 Å². The molecule has 72 valence electrons. The van der Waals surface area contributed by atoms with E-state index in [0.717, 1.165) is 5.71 Å². The number of rotatable bonds is 5. The first-order valence-electron chi connectivity index (χ1n) is 4.05. The summed E-state index contributed by atoms with van der Waals surface area (Å²) in [6, 6.07) is 0. The average molecular weight is 207 g/mol. The Balaban J connectivity index is 4.00. The minimum Gasteiger partial charge on any atom is -0.384 e. The Labute approximate surface area is 83.9 Å². The molecule has 4 heteroatoms. The molecule has 2 nitrogen and oxygen atoms in total. The maximum absolute atomic E-state index is 5.04. The van der Waals surface area contributed by atoms with Gasteiger partial charge in [0.25, 0.3) is 0 Å². The van der Waals surface area contributed by atoms with Crippen LogP contribution in [0.3, 0.4) is 0 Å². The number of nitrogens with zero attached hydrogens (tertiary/aromatic N) is 1. The van der Waals surface area contributed by atoms with Gasteiger partial charge in [0.2, 0.25) is 0 Å². The summed E-state index contributed by atoms with van der Waals surface area (Å²) >= 11 is 3.95. The average Bonchev–Trinajstić information content (AvgIpc) is 1.96. The fraction of sp³-hybridized carbons (Fsp3) is 0.875. The lowest BCUT2D eigenvalue weighted by Gasteiger charge is -2.12. The molecule has 0 aliphatic heterocycles. The van der Waals surface area contributed by atoms with Gasteiger partial charge in [-0.05, 0) is 11.8 Å². The maximum atomic E-state index is 5.04. The van der Waals surface area contributed by atoms with Crippen molar-refractivity contribution in [3.05, 3.63) is 0 Å². The number of hydrogen-bond donors (Lipinski definition) is 1. The summed E-state index contributed by atoms with van der Waals surface area (Å²) in [6.45, 7) is 8.48. The molecule has 0 heterocycles. The molecule has 0 amide bonds. The van der Waals surface area contributed by atoms with E-state index < -0.39 is 0 Å². The van der Waals surface area contributed by atoms with Crippen LogP contribution in [0, 0.1) is 11.8 Å². The predicted molar refractivity (Wildman–Crippen MR) is 59.6 cm³/mol. The molecule has 0 N–H and O–H groups in total. The Morgan fingerprint density at radius 3 is 2.17 bits per heavy atom. The van der Waals surface area contributed by atoms with E-state index >= 15 is 0 Å². The van der Waals surface area contributed by atoms with E-state index in [9.17, 15) is 0 Å². The fourth-order valence-corrected chi connectivity index (χ4v) is 1.24. The highest BCUT2D eigenvalue weighted by atomic mass is 33.1. The highest BCUT2D eigenvalue weighted by Crippen LogP contribution is 2.10. The summed E-state index contributed by atoms with van der Waals surface area (Å²) in [5, 5.41) is 4.06. The zero-order valence-corrected chi connectivity index (χ0v) is 9.78. The molecule has 12 heavy (non-hydrogen) atoms. The highest BCUT2D eigenvalue weighted by molar-refractivity contribution is 8.68. The van der Waals surface area contributed by atoms with Gasteiger partial charge in [-0.25, -0.2) is 0 Å². The monoisotopic (exact) mass is 207 g/mol. The van der Waals surface area contributed by atoms with E-state index in [1.807, 2.05) is 0 Å². The largest absolute Gasteiger partial charge is 0.384 e. The Kier molecular flexibility index (Phi) is 6.76. The van der Waals surface area contributed by atoms with E-state index in [-0.39, 0.29) is 0 Å². The minimum atomic E-state index is 0.454. The standard InChI is InChI=1S/C8H17NOS2/c1-6(2)8(7(3)4)9-10-5-12-11/h6-7,11H,5H2,1-4H3. The van der Waals surface area contributed by atoms with Crippen molar-refractivity contribution in [2.75, 3.05) is 5.94 Å². The molecular formula is C8H17NOS2. The van der Waals surface area contributed by atoms with Crippen molar-refractivity contribution in [3.63, 3.8) is 0 Å². The summed E-state index contributed by atoms with van der Waals surface area (Å²) in [7, 11) is 1.33. The van der Waals surface area contributed by atoms with E-state index in [0.29, 0.717) is 17.8 Å². The molecule has 0 aromatic carbocycles. The second-order valence-corrected chi connectivity index (χ2v) is 4.47. The van der Waals surface area contributed by atoms with Gasteiger partial charge in [-0.1, -0.05) is 43.6 Å². The molecule has 0 aliphatic rings. The molecule has 0 aromatic heterocycles. The van der Waals surface area contributed by atoms with Crippen LogP contribution in [0.1, 0.15) is 27.7 Å². The molecule has 0 bridgehead atoms. The molecule has 0 spiro atoms. The molecule has 0 fully saturated rings. The van der Waals surface area contributed by atoms with E-state index in [4.69, 9.17) is 4.84 Å². The van der Waals surface area contributed by atoms with Crippen LogP contribution in [-0.4, -0.2) is 11.7 Å². The molecule has 0 rings (SSSR count). The van der Waals surface area contributed by atoms with Crippen LogP contribution >= 0.6 is 22.5 Å². The van der Waals surface area contributed by atoms with Crippen LogP contribution in [-0.2, 0) is 4.84 Å². The summed E-state index contributed by atoms with van der Waals surface area (Å²) in [5.41, 5.74) is 1.11. The quantitative estimate of drug-likeness (QED) is 0.187. The molecule has 0 saturated heterocycles. The van der Waals surface area contributed by atoms with Crippen LogP contribution in [0.2, 0.25) is 0 Å². The van der Waals surface area contributed by atoms with Crippen molar-refractivity contribution in [1.29, 1.82) is 0 Å². The van der Waals surface area contributed by atoms with Crippen LogP contribution in [0.5, 0.6) is 0 Å². The first kappa shape index (κ1) is 12.2. The summed E-state index contributed by atoms with van der Waals surface area (Å²) in [5.74, 6) is 1.41. The van der Waals surface area contributed by atoms with E-state index in [1.165, 1.54) is 10.8 Å². The summed E-state index contributed by atoms with van der Waals surface area (Å²) in [6.07, 6.45) is 0. The highest BCUT2D eigenvalue weighted by Gasteiger charge is 2.10. The maximum Gasteiger partial charge on any atom is 0.172 e. The van der Waals surface area contributed by atoms with E-state index in [2.05, 4.69) is 44.5 Å². The first-order chi connectivity index (χ1) is 5.59. The van der Waals surface area contributed by atoms with Gasteiger partial charge >= 0.3 is 0 Å². The minimum absolute atomic E-state index is 0.454. The molecular weight excluding hydrogens is 190 g/mol. The fourth-order valence-electron chi connectivity index (χ4n) is 1.00. The van der Waals surface area contributed by atoms with Crippen molar-refractivity contribution in [2.24, 2.45) is 17.0 Å². The normalized spacial score (nSPS) is 10.6. The third-order valence-electron chi connectivity index (χ3n) is 1.46. The SMILES string of the molecule is CC(C)C(=NOCSS)C(C)C. The Morgan fingerprint density at radius 1 is 1.33 bits per heavy atom. The van der Waals surface area contributed by atoms with Gasteiger partial charge < -0.3 is 4.84 Å². The van der Waals surface area contributed by atoms with Gasteiger partial charge in [-0.3, -0.25) is 0 Å². The Bertz CT molecular complexity index is 136. The van der Waals surface area contributed by atoms with Crippen LogP contribution < -0.4 is 0 Å². The van der Waals surface area contributed by atoms with Crippen molar-refractivity contribution >= 4 is 28.2 Å². The number of thiol groups is 1. The molecule has 0 saturated carbocycles. The van der Waals surface area contributed by atoms with Gasteiger partial charge in [-0.2, -0.15) is 0 Å². The molecule has 0 aromatic rings. The molecule has 0 aliphatic carbocycles. The summed E-state index contributed by atoms with van der Waals surface area (Å²) < 4.78 is 0. The topological polar surface area (TPSA) is 21.6 Å². The third kappa shape index (κ3) is 4.93. The number of hydrogen-bond acceptors (Lipinski definition) is 4. The van der Waals surface area contributed by atoms with Gasteiger partial charge in [0.1, 0.15) is 0 Å². The lowest BCUT2D eigenvalue weighted by atomic mass is 9.98.